The van der Waals surface area contributed by atoms with E-state index in [1.54, 1.807) is 27.7 Å². The molecule has 5 atom stereocenters. The van der Waals surface area contributed by atoms with Crippen molar-refractivity contribution in [1.82, 2.24) is 10.6 Å². The molecule has 264 valence electrons. The van der Waals surface area contributed by atoms with Gasteiger partial charge in [-0.3, -0.25) is 19.2 Å². The number of aliphatic carboxylic acids is 1. The molecular formula is C30H51N5O9Pt-4. The van der Waals surface area contributed by atoms with Crippen molar-refractivity contribution in [2.45, 2.75) is 123 Å². The molecule has 0 heterocycles. The average Bonchev–Trinajstić information content (AvgIpc) is 2.96. The first kappa shape index (κ1) is 44.9. The van der Waals surface area contributed by atoms with Crippen LogP contribution in [-0.4, -0.2) is 89.4 Å². The van der Waals surface area contributed by atoms with Crippen molar-refractivity contribution >= 4 is 35.3 Å². The van der Waals surface area contributed by atoms with Crippen LogP contribution in [0.2, 0.25) is 0 Å². The van der Waals surface area contributed by atoms with Gasteiger partial charge in [0.1, 0.15) is 5.78 Å². The van der Waals surface area contributed by atoms with Gasteiger partial charge >= 0.3 is 0 Å². The normalized spacial score (nSPS) is 18.8. The minimum absolute atomic E-state index is 0. The number of nitrogens with one attached hydrogen (secondary N) is 4. The Balaban J connectivity index is 0. The largest absolute Gasteiger partial charge is 0.676 e. The summed E-state index contributed by atoms with van der Waals surface area (Å²) in [7, 11) is 0. The molecule has 45 heavy (non-hydrogen) atoms. The van der Waals surface area contributed by atoms with E-state index in [-0.39, 0.29) is 71.2 Å². The third kappa shape index (κ3) is 18.5. The zero-order chi connectivity index (χ0) is 34.1. The number of hydrogen-bond donors (Lipinski definition) is 4. The number of amides is 3. The molecule has 3 amide bonds. The number of rotatable bonds is 18. The quantitative estimate of drug-likeness (QED) is 0.156. The van der Waals surface area contributed by atoms with Crippen LogP contribution in [0.3, 0.4) is 0 Å². The van der Waals surface area contributed by atoms with Gasteiger partial charge < -0.3 is 52.3 Å². The fourth-order valence-corrected chi connectivity index (χ4v) is 4.66. The Kier molecular flexibility index (Phi) is 22.2. The van der Waals surface area contributed by atoms with Crippen LogP contribution in [0.5, 0.6) is 0 Å². The van der Waals surface area contributed by atoms with Gasteiger partial charge in [-0.05, 0) is 26.2 Å². The summed E-state index contributed by atoms with van der Waals surface area (Å²) in [6.07, 6.45) is 4.50. The third-order valence-electron chi connectivity index (χ3n) is 7.71. The first-order chi connectivity index (χ1) is 20.4. The summed E-state index contributed by atoms with van der Waals surface area (Å²) in [5.41, 5.74) is 12.9. The van der Waals surface area contributed by atoms with Gasteiger partial charge in [-0.25, -0.2) is 0 Å². The second-order valence-corrected chi connectivity index (χ2v) is 12.3. The number of ketones is 2. The van der Waals surface area contributed by atoms with Gasteiger partial charge in [0.25, 0.3) is 0 Å². The molecule has 1 aliphatic carbocycles. The standard InChI is InChI=1S/C24H41N3O9.C6H12N2.Pt/c1-6-24(5,18(31)9-7-15(2)29)14-23(3,4)22(36)26-11-16(30)8-10-19(32)25-12-20(33)27-17(13-28)21(34)35;7-5-3-1-2-4-6(5)8;/h15,17,28-29H,6-14H2,1-5H3,(H4,25,26,27,32,33,34,35,36);5-8H,1-4H2;/q;-2;/p-2/t;5-,6-;/m.1./s1. The van der Waals surface area contributed by atoms with E-state index in [2.05, 4.69) is 16.0 Å². The molecule has 1 fully saturated rings. The maximum Gasteiger partial charge on any atom is 0.226 e. The van der Waals surface area contributed by atoms with Crippen LogP contribution in [0.1, 0.15) is 98.8 Å². The van der Waals surface area contributed by atoms with Gasteiger partial charge in [0.2, 0.25) is 11.8 Å². The maximum atomic E-state index is 12.7. The van der Waals surface area contributed by atoms with Gasteiger partial charge in [0.05, 0.1) is 25.1 Å². The van der Waals surface area contributed by atoms with Crippen LogP contribution in [0.15, 0.2) is 0 Å². The van der Waals surface area contributed by atoms with Crippen LogP contribution in [-0.2, 0) is 49.8 Å². The smallest absolute Gasteiger partial charge is 0.226 e. The molecule has 15 heteroatoms. The summed E-state index contributed by atoms with van der Waals surface area (Å²) in [5, 5.41) is 36.8. The first-order valence-electron chi connectivity index (χ1n) is 15.1. The van der Waals surface area contributed by atoms with Crippen molar-refractivity contribution in [2.24, 2.45) is 10.8 Å². The van der Waals surface area contributed by atoms with E-state index < -0.39 is 65.6 Å². The van der Waals surface area contributed by atoms with E-state index in [1.165, 1.54) is 12.8 Å². The number of hydrogen-bond acceptors (Lipinski definition) is 9. The molecule has 0 aliphatic heterocycles. The van der Waals surface area contributed by atoms with Crippen molar-refractivity contribution in [3.05, 3.63) is 16.8 Å². The average molecular weight is 821 g/mol. The van der Waals surface area contributed by atoms with Crippen molar-refractivity contribution in [3.63, 3.8) is 0 Å². The summed E-state index contributed by atoms with van der Waals surface area (Å²) in [6.45, 7) is 6.78. The zero-order valence-electron chi connectivity index (χ0n) is 27.0. The minimum Gasteiger partial charge on any atom is -0.676 e. The fraction of sp³-hybridized carbons (Fsp3) is 0.800. The molecule has 14 nitrogen and oxygen atoms in total. The number of Topliss-reactive ketones (excluding diaryl/α,β-unsaturated/α-hetero) is 2. The molecule has 3 unspecified atom stereocenters. The predicted molar refractivity (Wildman–Crippen MR) is 162 cm³/mol. The van der Waals surface area contributed by atoms with E-state index in [9.17, 15) is 39.0 Å². The number of aliphatic hydroxyl groups excluding tert-OH is 2. The molecule has 0 aromatic rings. The van der Waals surface area contributed by atoms with Crippen LogP contribution < -0.4 is 15.7 Å². The summed E-state index contributed by atoms with van der Waals surface area (Å²) in [4.78, 5) is 71.5. The van der Waals surface area contributed by atoms with Crippen LogP contribution in [0.25, 0.3) is 16.8 Å². The van der Waals surface area contributed by atoms with Gasteiger partial charge in [-0.2, -0.15) is 12.1 Å². The van der Waals surface area contributed by atoms with E-state index in [0.29, 0.717) is 12.8 Å². The van der Waals surface area contributed by atoms with Crippen LogP contribution in [0, 0.1) is 10.8 Å². The minimum atomic E-state index is -1.73. The summed E-state index contributed by atoms with van der Waals surface area (Å²) in [6, 6.07) is -1.88. The number of aliphatic hydroxyl groups is 2. The molecule has 1 saturated carbocycles. The Bertz CT molecular complexity index is 969. The Morgan fingerprint density at radius 2 is 1.51 bits per heavy atom. The number of carbonyl (C=O) groups excluding carboxylic acids is 6. The summed E-state index contributed by atoms with van der Waals surface area (Å²) in [5.74, 6) is -4.23. The van der Waals surface area contributed by atoms with E-state index >= 15 is 0 Å². The zero-order valence-corrected chi connectivity index (χ0v) is 29.3. The van der Waals surface area contributed by atoms with Gasteiger partial charge in [-0.15, -0.1) is 0 Å². The predicted octanol–water partition coefficient (Wildman–Crippen LogP) is 1.54. The van der Waals surface area contributed by atoms with E-state index in [4.69, 9.17) is 16.6 Å². The van der Waals surface area contributed by atoms with Gasteiger partial charge in [0, 0.05) is 63.7 Å². The molecule has 0 aromatic heterocycles. The number of carboxylic acid groups (broad SMARTS) is 1. The summed E-state index contributed by atoms with van der Waals surface area (Å²) >= 11 is 0. The molecule has 1 rings (SSSR count). The van der Waals surface area contributed by atoms with Crippen molar-refractivity contribution in [2.75, 3.05) is 19.7 Å². The molecule has 1 aliphatic rings. The molecule has 0 bridgehead atoms. The number of carboxylic acids is 1. The molecule has 0 aromatic carbocycles. The van der Waals surface area contributed by atoms with E-state index in [0.717, 1.165) is 12.8 Å². The first-order valence-corrected chi connectivity index (χ1v) is 15.1. The molecular weight excluding hydrogens is 769 g/mol. The summed E-state index contributed by atoms with van der Waals surface area (Å²) < 4.78 is 0. The van der Waals surface area contributed by atoms with E-state index in [1.807, 2.05) is 6.92 Å². The SMILES string of the molecule is CCC(C)(CC(C)(C)C(=O)NCC(=O)CCC(=O)NCC(=O)[N-]C(CO)C(=O)[O-])C(=O)CCC(C)O.[NH-][C@@H]1CCCC[C@H]1[NH-].[Pt]. The Morgan fingerprint density at radius 1 is 0.956 bits per heavy atom. The topological polar surface area (TPSA) is 252 Å². The van der Waals surface area contributed by atoms with Crippen molar-refractivity contribution < 1.29 is 65.2 Å². The Labute approximate surface area is 280 Å². The molecule has 0 radical (unpaired) electrons. The fourth-order valence-electron chi connectivity index (χ4n) is 4.66. The Morgan fingerprint density at radius 3 is 1.96 bits per heavy atom. The van der Waals surface area contributed by atoms with Crippen molar-refractivity contribution in [3.8, 4) is 0 Å². The number of nitrogens with zero attached hydrogens (tertiary/aromatic N) is 1. The Hall–Kier alpha value is -2.25. The molecule has 0 saturated heterocycles. The van der Waals surface area contributed by atoms with Gasteiger partial charge in [-0.1, -0.05) is 59.4 Å². The number of carbonyl (C=O) groups is 6. The van der Waals surface area contributed by atoms with Gasteiger partial charge in [0.15, 0.2) is 5.78 Å². The van der Waals surface area contributed by atoms with Crippen molar-refractivity contribution in [1.29, 1.82) is 0 Å². The molecule has 6 N–H and O–H groups in total. The molecule has 0 spiro atoms. The van der Waals surface area contributed by atoms with Crippen LogP contribution >= 0.6 is 0 Å². The second kappa shape index (κ2) is 22.3. The maximum absolute atomic E-state index is 12.7. The third-order valence-corrected chi connectivity index (χ3v) is 7.71. The van der Waals surface area contributed by atoms with Crippen LogP contribution in [0.4, 0.5) is 0 Å². The monoisotopic (exact) mass is 820 g/mol. The second-order valence-electron chi connectivity index (χ2n) is 12.3.